The van der Waals surface area contributed by atoms with Crippen molar-refractivity contribution in [3.63, 3.8) is 0 Å². The summed E-state index contributed by atoms with van der Waals surface area (Å²) in [5.41, 5.74) is 11.0. The average molecular weight is 511 g/mol. The van der Waals surface area contributed by atoms with E-state index < -0.39 is 5.97 Å². The number of carbonyl (C=O) groups excluding carboxylic acids is 1. The van der Waals surface area contributed by atoms with Crippen LogP contribution in [0, 0.1) is 27.7 Å². The Labute approximate surface area is 223 Å². The van der Waals surface area contributed by atoms with Crippen LogP contribution in [0.3, 0.4) is 0 Å². The minimum atomic E-state index is -0.855. The Balaban J connectivity index is 1.49. The van der Waals surface area contributed by atoms with Crippen molar-refractivity contribution in [3.05, 3.63) is 92.5 Å². The van der Waals surface area contributed by atoms with Gasteiger partial charge in [0.15, 0.2) is 0 Å². The Morgan fingerprint density at radius 1 is 0.974 bits per heavy atom. The van der Waals surface area contributed by atoms with Gasteiger partial charge >= 0.3 is 5.97 Å². The molecule has 3 aromatic carbocycles. The molecule has 1 atom stereocenters. The number of rotatable bonds is 6. The fraction of sp³-hybridized carbons (Fsp3) is 0.355. The molecule has 4 aromatic rings. The zero-order valence-corrected chi connectivity index (χ0v) is 22.7. The first-order chi connectivity index (χ1) is 18.2. The summed E-state index contributed by atoms with van der Waals surface area (Å²) in [7, 11) is 0. The lowest BCUT2D eigenvalue weighted by Crippen LogP contribution is -2.36. The van der Waals surface area contributed by atoms with Crippen molar-refractivity contribution < 1.29 is 14.7 Å². The molecule has 0 fully saturated rings. The van der Waals surface area contributed by atoms with Gasteiger partial charge in [0.2, 0.25) is 0 Å². The standard InChI is InChI=1S/C31H34N4O3/c1-6-35-28-10-9-26(21(5)30(28)32-33-35)27(16-29(36)37)23-8-7-22-11-12-34(17-25(22)15-23)31(38)24-13-18(2)20(4)19(3)14-24/h7-10,13-15,27H,6,11-12,16-17H2,1-5H3,(H,36,37). The van der Waals surface area contributed by atoms with Gasteiger partial charge in [-0.05, 0) is 104 Å². The second kappa shape index (κ2) is 10.0. The van der Waals surface area contributed by atoms with Gasteiger partial charge in [-0.25, -0.2) is 4.68 Å². The number of carbonyl (C=O) groups is 2. The maximum absolute atomic E-state index is 13.4. The van der Waals surface area contributed by atoms with Gasteiger partial charge in [0.25, 0.3) is 5.91 Å². The van der Waals surface area contributed by atoms with Gasteiger partial charge in [-0.3, -0.25) is 9.59 Å². The number of nitrogens with zero attached hydrogens (tertiary/aromatic N) is 4. The lowest BCUT2D eigenvalue weighted by atomic mass is 9.83. The number of carboxylic acid groups (broad SMARTS) is 1. The van der Waals surface area contributed by atoms with Gasteiger partial charge in [0.05, 0.1) is 11.9 Å². The predicted molar refractivity (Wildman–Crippen MR) is 148 cm³/mol. The summed E-state index contributed by atoms with van der Waals surface area (Å²) in [6.07, 6.45) is 0.748. The molecular formula is C31H34N4O3. The highest BCUT2D eigenvalue weighted by atomic mass is 16.4. The molecule has 1 aromatic heterocycles. The van der Waals surface area contributed by atoms with E-state index in [0.29, 0.717) is 13.1 Å². The van der Waals surface area contributed by atoms with E-state index in [0.717, 1.165) is 62.9 Å². The third-order valence-corrected chi connectivity index (χ3v) is 8.14. The number of aromatic nitrogens is 3. The molecule has 196 valence electrons. The third-order valence-electron chi connectivity index (χ3n) is 8.14. The summed E-state index contributed by atoms with van der Waals surface area (Å²) in [4.78, 5) is 27.3. The van der Waals surface area contributed by atoms with Crippen molar-refractivity contribution in [2.75, 3.05) is 6.54 Å². The molecule has 7 heteroatoms. The highest BCUT2D eigenvalue weighted by Crippen LogP contribution is 2.35. The highest BCUT2D eigenvalue weighted by Gasteiger charge is 2.26. The van der Waals surface area contributed by atoms with E-state index in [2.05, 4.69) is 29.4 Å². The number of hydrogen-bond donors (Lipinski definition) is 1. The van der Waals surface area contributed by atoms with E-state index in [-0.39, 0.29) is 18.2 Å². The predicted octanol–water partition coefficient (Wildman–Crippen LogP) is 5.49. The molecular weight excluding hydrogens is 476 g/mol. The van der Waals surface area contributed by atoms with Crippen LogP contribution in [0.5, 0.6) is 0 Å². The van der Waals surface area contributed by atoms with Crippen molar-refractivity contribution >= 4 is 22.9 Å². The minimum Gasteiger partial charge on any atom is -0.481 e. The Bertz CT molecular complexity index is 1550. The quantitative estimate of drug-likeness (QED) is 0.371. The molecule has 0 aliphatic carbocycles. The number of aryl methyl sites for hydroxylation is 4. The van der Waals surface area contributed by atoms with Crippen LogP contribution in [-0.4, -0.2) is 43.4 Å². The van der Waals surface area contributed by atoms with Crippen LogP contribution in [0.2, 0.25) is 0 Å². The summed E-state index contributed by atoms with van der Waals surface area (Å²) < 4.78 is 1.85. The molecule has 1 amide bonds. The van der Waals surface area contributed by atoms with E-state index in [9.17, 15) is 14.7 Å². The molecule has 2 heterocycles. The molecule has 0 bridgehead atoms. The van der Waals surface area contributed by atoms with Crippen LogP contribution in [0.15, 0.2) is 42.5 Å². The Morgan fingerprint density at radius 2 is 1.71 bits per heavy atom. The topological polar surface area (TPSA) is 88.3 Å². The van der Waals surface area contributed by atoms with Crippen LogP contribution in [0.1, 0.15) is 74.1 Å². The zero-order chi connectivity index (χ0) is 27.1. The van der Waals surface area contributed by atoms with Crippen LogP contribution in [0.4, 0.5) is 0 Å². The minimum absolute atomic E-state index is 0.0301. The van der Waals surface area contributed by atoms with E-state index in [1.165, 1.54) is 11.1 Å². The largest absolute Gasteiger partial charge is 0.481 e. The SMILES string of the molecule is CCn1nnc2c(C)c(C(CC(=O)O)c3ccc4c(c3)CN(C(=O)c3cc(C)c(C)c(C)c3)CC4)ccc21. The van der Waals surface area contributed by atoms with Crippen LogP contribution >= 0.6 is 0 Å². The van der Waals surface area contributed by atoms with Crippen LogP contribution in [0.25, 0.3) is 11.0 Å². The zero-order valence-electron chi connectivity index (χ0n) is 22.7. The molecule has 0 saturated carbocycles. The first-order valence-electron chi connectivity index (χ1n) is 13.2. The number of fused-ring (bicyclic) bond motifs is 2. The summed E-state index contributed by atoms with van der Waals surface area (Å²) >= 11 is 0. The van der Waals surface area contributed by atoms with Gasteiger partial charge in [-0.2, -0.15) is 0 Å². The Hall–Kier alpha value is -4.00. The molecule has 0 spiro atoms. The number of carboxylic acids is 1. The summed E-state index contributed by atoms with van der Waals surface area (Å²) in [5.74, 6) is -1.15. The average Bonchev–Trinajstić information content (AvgIpc) is 3.33. The number of amides is 1. The monoisotopic (exact) mass is 510 g/mol. The van der Waals surface area contributed by atoms with Crippen LogP contribution < -0.4 is 0 Å². The molecule has 0 saturated heterocycles. The van der Waals surface area contributed by atoms with Gasteiger partial charge in [-0.15, -0.1) is 5.10 Å². The number of aliphatic carboxylic acids is 1. The van der Waals surface area contributed by atoms with Crippen molar-refractivity contribution in [1.29, 1.82) is 0 Å². The highest BCUT2D eigenvalue weighted by molar-refractivity contribution is 5.95. The summed E-state index contributed by atoms with van der Waals surface area (Å²) in [6.45, 7) is 12.1. The molecule has 1 N–H and O–H groups in total. The van der Waals surface area contributed by atoms with Gasteiger partial charge in [0, 0.05) is 31.1 Å². The van der Waals surface area contributed by atoms with Crippen molar-refractivity contribution in [3.8, 4) is 0 Å². The number of hydrogen-bond acceptors (Lipinski definition) is 4. The second-order valence-corrected chi connectivity index (χ2v) is 10.4. The van der Waals surface area contributed by atoms with E-state index in [4.69, 9.17) is 0 Å². The van der Waals surface area contributed by atoms with E-state index >= 15 is 0 Å². The molecule has 5 rings (SSSR count). The first kappa shape index (κ1) is 25.6. The Kier molecular flexibility index (Phi) is 6.78. The lowest BCUT2D eigenvalue weighted by Gasteiger charge is -2.30. The maximum Gasteiger partial charge on any atom is 0.304 e. The van der Waals surface area contributed by atoms with Crippen molar-refractivity contribution in [2.24, 2.45) is 0 Å². The molecule has 1 aliphatic rings. The van der Waals surface area contributed by atoms with Crippen LogP contribution in [-0.2, 0) is 24.3 Å². The molecule has 7 nitrogen and oxygen atoms in total. The molecule has 1 aliphatic heterocycles. The normalized spacial score (nSPS) is 14.0. The van der Waals surface area contributed by atoms with Crippen molar-refractivity contribution in [1.82, 2.24) is 19.9 Å². The van der Waals surface area contributed by atoms with E-state index in [1.54, 1.807) is 0 Å². The van der Waals surface area contributed by atoms with Crippen molar-refractivity contribution in [2.45, 2.75) is 66.5 Å². The Morgan fingerprint density at radius 3 is 2.39 bits per heavy atom. The van der Waals surface area contributed by atoms with E-state index in [1.807, 2.05) is 67.6 Å². The fourth-order valence-corrected chi connectivity index (χ4v) is 5.68. The summed E-state index contributed by atoms with van der Waals surface area (Å²) in [5, 5.41) is 18.4. The number of benzene rings is 3. The molecule has 38 heavy (non-hydrogen) atoms. The maximum atomic E-state index is 13.4. The smallest absolute Gasteiger partial charge is 0.304 e. The van der Waals surface area contributed by atoms with Gasteiger partial charge in [-0.1, -0.05) is 29.5 Å². The second-order valence-electron chi connectivity index (χ2n) is 10.4. The molecule has 0 radical (unpaired) electrons. The third kappa shape index (κ3) is 4.57. The van der Waals surface area contributed by atoms with Gasteiger partial charge < -0.3 is 10.0 Å². The lowest BCUT2D eigenvalue weighted by molar-refractivity contribution is -0.137. The summed E-state index contributed by atoms with van der Waals surface area (Å²) in [6, 6.07) is 14.2. The van der Waals surface area contributed by atoms with Gasteiger partial charge in [0.1, 0.15) is 5.52 Å². The molecule has 1 unspecified atom stereocenters. The fourth-order valence-electron chi connectivity index (χ4n) is 5.68. The first-order valence-corrected chi connectivity index (χ1v) is 13.2.